The highest BCUT2D eigenvalue weighted by atomic mass is 35.5. The zero-order chi connectivity index (χ0) is 26.7. The van der Waals surface area contributed by atoms with Gasteiger partial charge >= 0.3 is 0 Å². The van der Waals surface area contributed by atoms with Crippen LogP contribution in [0.15, 0.2) is 48.5 Å². The molecule has 196 valence electrons. The maximum absolute atomic E-state index is 13.6. The van der Waals surface area contributed by atoms with E-state index in [-0.39, 0.29) is 34.8 Å². The maximum Gasteiger partial charge on any atom is 0.240 e. The number of hydrogen-bond donors (Lipinski definition) is 1. The lowest BCUT2D eigenvalue weighted by molar-refractivity contribution is -0.123. The average Bonchev–Trinajstić information content (AvgIpc) is 3.19. The van der Waals surface area contributed by atoms with E-state index in [1.54, 1.807) is 23.9 Å². The van der Waals surface area contributed by atoms with Gasteiger partial charge in [0.2, 0.25) is 11.8 Å². The first-order valence-corrected chi connectivity index (χ1v) is 13.7. The molecule has 0 radical (unpaired) electrons. The number of carbonyl (C=O) groups is 2. The van der Waals surface area contributed by atoms with Crippen LogP contribution < -0.4 is 10.2 Å². The third-order valence-electron chi connectivity index (χ3n) is 5.97. The van der Waals surface area contributed by atoms with Crippen molar-refractivity contribution in [3.8, 4) is 5.69 Å². The Hall–Kier alpha value is -2.52. The number of fused-ring (bicyclic) bond motifs is 1. The lowest BCUT2D eigenvalue weighted by Gasteiger charge is -2.25. The van der Waals surface area contributed by atoms with E-state index in [2.05, 4.69) is 26.1 Å². The first-order chi connectivity index (χ1) is 17.6. The standard InChI is InChI=1S/C27H30Cl2N4O3S/c1-27(2,3)25-23-24(19-10-5-6-11-20(19)29)37-16-22(35)32(15-21(34)30-12-13-36-4)26(23)33(31-25)18-9-7-8-17(28)14-18/h5-11,14,24H,12-13,15-16H2,1-4H3,(H,30,34). The van der Waals surface area contributed by atoms with Gasteiger partial charge in [0.05, 0.1) is 29.0 Å². The molecule has 0 saturated carbocycles. The van der Waals surface area contributed by atoms with Crippen LogP contribution in [-0.4, -0.2) is 54.2 Å². The molecule has 4 rings (SSSR count). The van der Waals surface area contributed by atoms with Crippen molar-refractivity contribution in [3.05, 3.63) is 75.4 Å². The van der Waals surface area contributed by atoms with E-state index in [4.69, 9.17) is 33.0 Å². The molecule has 7 nitrogen and oxygen atoms in total. The van der Waals surface area contributed by atoms with Crippen molar-refractivity contribution < 1.29 is 14.3 Å². The third kappa shape index (κ3) is 5.98. The Morgan fingerprint density at radius 1 is 1.19 bits per heavy atom. The van der Waals surface area contributed by atoms with Gasteiger partial charge in [-0.3, -0.25) is 14.5 Å². The van der Waals surface area contributed by atoms with Crippen molar-refractivity contribution in [1.29, 1.82) is 0 Å². The highest BCUT2D eigenvalue weighted by Crippen LogP contribution is 2.49. The summed E-state index contributed by atoms with van der Waals surface area (Å²) in [5, 5.41) is 8.75. The van der Waals surface area contributed by atoms with Crippen LogP contribution in [0.2, 0.25) is 10.0 Å². The number of methoxy groups -OCH3 is 1. The molecule has 0 aliphatic carbocycles. The van der Waals surface area contributed by atoms with Crippen molar-refractivity contribution in [3.63, 3.8) is 0 Å². The van der Waals surface area contributed by atoms with Crippen LogP contribution in [0.1, 0.15) is 42.8 Å². The molecule has 2 amide bonds. The molecule has 0 spiro atoms. The summed E-state index contributed by atoms with van der Waals surface area (Å²) < 4.78 is 6.78. The Morgan fingerprint density at radius 2 is 1.95 bits per heavy atom. The predicted octanol–water partition coefficient (Wildman–Crippen LogP) is 5.41. The minimum absolute atomic E-state index is 0.152. The second-order valence-corrected chi connectivity index (χ2v) is 11.7. The van der Waals surface area contributed by atoms with Crippen LogP contribution in [0, 0.1) is 0 Å². The Bertz CT molecular complexity index is 1310. The molecule has 1 aliphatic rings. The molecule has 1 unspecified atom stereocenters. The highest BCUT2D eigenvalue weighted by Gasteiger charge is 2.40. The Balaban J connectivity index is 1.97. The number of nitrogens with one attached hydrogen (secondary N) is 1. The van der Waals surface area contributed by atoms with Crippen LogP contribution >= 0.6 is 35.0 Å². The number of ether oxygens (including phenoxy) is 1. The molecule has 1 N–H and O–H groups in total. The number of amides is 2. The summed E-state index contributed by atoms with van der Waals surface area (Å²) in [5.74, 6) is 0.253. The quantitative estimate of drug-likeness (QED) is 0.391. The number of nitrogens with zero attached hydrogens (tertiary/aromatic N) is 3. The fourth-order valence-corrected chi connectivity index (χ4v) is 6.01. The van der Waals surface area contributed by atoms with E-state index in [1.807, 2.05) is 36.4 Å². The van der Waals surface area contributed by atoms with Crippen molar-refractivity contribution in [2.45, 2.75) is 31.4 Å². The number of thioether (sulfide) groups is 1. The maximum atomic E-state index is 13.6. The van der Waals surface area contributed by atoms with Gasteiger partial charge in [0.1, 0.15) is 12.4 Å². The number of anilines is 1. The van der Waals surface area contributed by atoms with Crippen molar-refractivity contribution in [2.24, 2.45) is 0 Å². The van der Waals surface area contributed by atoms with Crippen LogP contribution in [-0.2, 0) is 19.7 Å². The number of benzene rings is 2. The number of carbonyl (C=O) groups excluding carboxylic acids is 2. The van der Waals surface area contributed by atoms with Gasteiger partial charge in [-0.05, 0) is 29.8 Å². The van der Waals surface area contributed by atoms with Gasteiger partial charge in [-0.1, -0.05) is 68.2 Å². The number of aromatic nitrogens is 2. The molecule has 2 heterocycles. The normalized spacial score (nSPS) is 15.9. The van der Waals surface area contributed by atoms with Crippen LogP contribution in [0.4, 0.5) is 5.82 Å². The van der Waals surface area contributed by atoms with E-state index in [0.717, 1.165) is 16.8 Å². The van der Waals surface area contributed by atoms with Gasteiger partial charge in [0.15, 0.2) is 0 Å². The third-order valence-corrected chi connectivity index (χ3v) is 7.79. The van der Waals surface area contributed by atoms with Crippen LogP contribution in [0.5, 0.6) is 0 Å². The summed E-state index contributed by atoms with van der Waals surface area (Å²) in [6, 6.07) is 15.0. The van der Waals surface area contributed by atoms with Gasteiger partial charge in [0, 0.05) is 34.7 Å². The molecule has 0 fully saturated rings. The molecule has 0 saturated heterocycles. The molecular formula is C27H30Cl2N4O3S. The molecule has 1 aliphatic heterocycles. The summed E-state index contributed by atoms with van der Waals surface area (Å²) in [6.45, 7) is 6.83. The lowest BCUT2D eigenvalue weighted by atomic mass is 9.87. The fourth-order valence-electron chi connectivity index (χ4n) is 4.29. The predicted molar refractivity (Wildman–Crippen MR) is 150 cm³/mol. The summed E-state index contributed by atoms with van der Waals surface area (Å²) in [4.78, 5) is 28.1. The van der Waals surface area contributed by atoms with Gasteiger partial charge in [-0.25, -0.2) is 4.68 Å². The lowest BCUT2D eigenvalue weighted by Crippen LogP contribution is -2.43. The summed E-state index contributed by atoms with van der Waals surface area (Å²) in [5.41, 5.74) is 2.90. The molecule has 37 heavy (non-hydrogen) atoms. The molecule has 10 heteroatoms. The molecule has 1 aromatic heterocycles. The van der Waals surface area contributed by atoms with Crippen molar-refractivity contribution in [1.82, 2.24) is 15.1 Å². The zero-order valence-corrected chi connectivity index (χ0v) is 23.6. The van der Waals surface area contributed by atoms with E-state index in [1.165, 1.54) is 16.7 Å². The molecule has 2 aromatic carbocycles. The monoisotopic (exact) mass is 560 g/mol. The summed E-state index contributed by atoms with van der Waals surface area (Å²) in [7, 11) is 1.57. The minimum atomic E-state index is -0.367. The highest BCUT2D eigenvalue weighted by molar-refractivity contribution is 8.00. The second-order valence-electron chi connectivity index (χ2n) is 9.76. The van der Waals surface area contributed by atoms with E-state index in [0.29, 0.717) is 34.7 Å². The van der Waals surface area contributed by atoms with Crippen LogP contribution in [0.25, 0.3) is 5.69 Å². The van der Waals surface area contributed by atoms with E-state index in [9.17, 15) is 9.59 Å². The van der Waals surface area contributed by atoms with Crippen molar-refractivity contribution >= 4 is 52.6 Å². The number of rotatable bonds is 7. The largest absolute Gasteiger partial charge is 0.383 e. The minimum Gasteiger partial charge on any atom is -0.383 e. The number of hydrogen-bond acceptors (Lipinski definition) is 5. The van der Waals surface area contributed by atoms with Gasteiger partial charge in [0.25, 0.3) is 0 Å². The Kier molecular flexibility index (Phi) is 8.53. The Morgan fingerprint density at radius 3 is 2.62 bits per heavy atom. The van der Waals surface area contributed by atoms with E-state index < -0.39 is 0 Å². The first kappa shape index (κ1) is 27.5. The molecule has 3 aromatic rings. The summed E-state index contributed by atoms with van der Waals surface area (Å²) >= 11 is 14.5. The molecule has 1 atom stereocenters. The number of halogens is 2. The zero-order valence-electron chi connectivity index (χ0n) is 21.3. The van der Waals surface area contributed by atoms with Crippen LogP contribution in [0.3, 0.4) is 0 Å². The smallest absolute Gasteiger partial charge is 0.240 e. The molecular weight excluding hydrogens is 531 g/mol. The first-order valence-electron chi connectivity index (χ1n) is 11.9. The van der Waals surface area contributed by atoms with Gasteiger partial charge in [-0.2, -0.15) is 5.10 Å². The second kappa shape index (κ2) is 11.5. The average molecular weight is 562 g/mol. The molecule has 0 bridgehead atoms. The fraction of sp³-hybridized carbons (Fsp3) is 0.370. The van der Waals surface area contributed by atoms with Gasteiger partial charge in [-0.15, -0.1) is 11.8 Å². The van der Waals surface area contributed by atoms with Gasteiger partial charge < -0.3 is 10.1 Å². The topological polar surface area (TPSA) is 76.5 Å². The van der Waals surface area contributed by atoms with E-state index >= 15 is 0 Å². The van der Waals surface area contributed by atoms with Crippen molar-refractivity contribution in [2.75, 3.05) is 37.5 Å². The SMILES string of the molecule is COCCNC(=O)CN1C(=O)CSC(c2ccccc2Cl)c2c(C(C)(C)C)nn(-c3cccc(Cl)c3)c21. The summed E-state index contributed by atoms with van der Waals surface area (Å²) in [6.07, 6.45) is 0. The Labute approximate surface area is 231 Å².